The highest BCUT2D eigenvalue weighted by Gasteiger charge is 2.47. The van der Waals surface area contributed by atoms with Gasteiger partial charge in [-0.1, -0.05) is 13.8 Å². The monoisotopic (exact) mass is 304 g/mol. The fraction of sp³-hybridized carbons (Fsp3) is 0.933. The molecular weight excluding hydrogens is 276 g/mol. The Balaban J connectivity index is 0.00000200. The van der Waals surface area contributed by atoms with E-state index in [0.29, 0.717) is 17.9 Å². The molecule has 118 valence electrons. The van der Waals surface area contributed by atoms with Crippen LogP contribution in [0.5, 0.6) is 0 Å². The zero-order valence-corrected chi connectivity index (χ0v) is 13.8. The van der Waals surface area contributed by atoms with E-state index >= 15 is 0 Å². The van der Waals surface area contributed by atoms with Crippen LogP contribution in [0.3, 0.4) is 0 Å². The van der Waals surface area contributed by atoms with Crippen LogP contribution in [0.15, 0.2) is 0 Å². The van der Waals surface area contributed by atoms with Crippen molar-refractivity contribution in [3.8, 4) is 0 Å². The van der Waals surface area contributed by atoms with Crippen molar-refractivity contribution < 1.29 is 9.53 Å². The van der Waals surface area contributed by atoms with Gasteiger partial charge in [-0.3, -0.25) is 4.79 Å². The zero-order valence-electron chi connectivity index (χ0n) is 13.0. The van der Waals surface area contributed by atoms with E-state index in [9.17, 15) is 4.79 Å². The second kappa shape index (κ2) is 7.10. The van der Waals surface area contributed by atoms with Crippen LogP contribution in [0.25, 0.3) is 0 Å². The minimum Gasteiger partial charge on any atom is -0.384 e. The molecule has 1 aliphatic heterocycles. The second-order valence-corrected chi connectivity index (χ2v) is 6.66. The average Bonchev–Trinajstić information content (AvgIpc) is 3.18. The van der Waals surface area contributed by atoms with E-state index < -0.39 is 0 Å². The third-order valence-electron chi connectivity index (χ3n) is 5.18. The first-order valence-corrected chi connectivity index (χ1v) is 7.53. The molecule has 0 unspecified atom stereocenters. The van der Waals surface area contributed by atoms with Crippen molar-refractivity contribution in [1.29, 1.82) is 0 Å². The summed E-state index contributed by atoms with van der Waals surface area (Å²) in [6.45, 7) is 7.71. The minimum absolute atomic E-state index is 0. The van der Waals surface area contributed by atoms with Crippen molar-refractivity contribution in [2.45, 2.75) is 39.5 Å². The number of carbonyl (C=O) groups excluding carboxylic acids is 1. The summed E-state index contributed by atoms with van der Waals surface area (Å²) < 4.78 is 5.31. The number of hydrogen-bond acceptors (Lipinski definition) is 3. The largest absolute Gasteiger partial charge is 0.384 e. The van der Waals surface area contributed by atoms with Crippen LogP contribution < -0.4 is 10.6 Å². The molecule has 5 heteroatoms. The highest BCUT2D eigenvalue weighted by atomic mass is 35.5. The Morgan fingerprint density at radius 2 is 1.85 bits per heavy atom. The number of hydrogen-bond donors (Lipinski definition) is 2. The van der Waals surface area contributed by atoms with Gasteiger partial charge in [0.1, 0.15) is 0 Å². The number of carbonyl (C=O) groups is 1. The van der Waals surface area contributed by atoms with Crippen LogP contribution in [-0.4, -0.2) is 39.3 Å². The van der Waals surface area contributed by atoms with E-state index in [1.165, 1.54) is 12.8 Å². The molecule has 0 bridgehead atoms. The molecule has 0 aromatic heterocycles. The van der Waals surface area contributed by atoms with Gasteiger partial charge in [-0.15, -0.1) is 12.4 Å². The molecule has 1 saturated heterocycles. The second-order valence-electron chi connectivity index (χ2n) is 6.66. The van der Waals surface area contributed by atoms with Gasteiger partial charge in [0.15, 0.2) is 0 Å². The summed E-state index contributed by atoms with van der Waals surface area (Å²) in [7, 11) is 1.69. The molecule has 2 N–H and O–H groups in total. The molecule has 1 saturated carbocycles. The van der Waals surface area contributed by atoms with Crippen molar-refractivity contribution in [2.24, 2.45) is 16.7 Å². The van der Waals surface area contributed by atoms with Gasteiger partial charge in [-0.2, -0.15) is 0 Å². The molecule has 20 heavy (non-hydrogen) atoms. The van der Waals surface area contributed by atoms with Crippen LogP contribution >= 0.6 is 12.4 Å². The van der Waals surface area contributed by atoms with E-state index in [4.69, 9.17) is 4.74 Å². The number of amides is 1. The molecule has 0 aromatic rings. The quantitative estimate of drug-likeness (QED) is 0.789. The molecule has 2 aliphatic rings. The summed E-state index contributed by atoms with van der Waals surface area (Å²) in [5.41, 5.74) is 0.0594. The first kappa shape index (κ1) is 17.7. The third-order valence-corrected chi connectivity index (χ3v) is 5.18. The fourth-order valence-corrected chi connectivity index (χ4v) is 3.18. The molecule has 0 spiro atoms. The van der Waals surface area contributed by atoms with Gasteiger partial charge in [-0.25, -0.2) is 0 Å². The minimum atomic E-state index is -0.312. The van der Waals surface area contributed by atoms with E-state index in [0.717, 1.165) is 32.5 Å². The van der Waals surface area contributed by atoms with E-state index in [1.54, 1.807) is 7.11 Å². The van der Waals surface area contributed by atoms with Crippen molar-refractivity contribution in [2.75, 3.05) is 33.4 Å². The first-order valence-electron chi connectivity index (χ1n) is 7.53. The van der Waals surface area contributed by atoms with Gasteiger partial charge in [0.25, 0.3) is 0 Å². The highest BCUT2D eigenvalue weighted by molar-refractivity contribution is 5.85. The predicted octanol–water partition coefficient (Wildman–Crippen LogP) is 1.98. The Labute approximate surface area is 128 Å². The van der Waals surface area contributed by atoms with Crippen LogP contribution in [0.1, 0.15) is 39.5 Å². The molecule has 1 amide bonds. The topological polar surface area (TPSA) is 50.4 Å². The molecular formula is C15H29ClN2O2. The SMILES string of the molecule is COCC1(C(=O)NCC2(C(C)C)CC2)CCNCC1.Cl. The van der Waals surface area contributed by atoms with Crippen LogP contribution in [0.2, 0.25) is 0 Å². The summed E-state index contributed by atoms with van der Waals surface area (Å²) in [4.78, 5) is 12.6. The molecule has 2 rings (SSSR count). The standard InChI is InChI=1S/C15H28N2O2.ClH/c1-12(2)14(4-5-14)10-17-13(18)15(11-19-3)6-8-16-9-7-15;/h12,16H,4-11H2,1-3H3,(H,17,18);1H. The lowest BCUT2D eigenvalue weighted by molar-refractivity contribution is -0.136. The van der Waals surface area contributed by atoms with E-state index in [2.05, 4.69) is 24.5 Å². The third kappa shape index (κ3) is 3.66. The van der Waals surface area contributed by atoms with Crippen LogP contribution in [-0.2, 0) is 9.53 Å². The Hall–Kier alpha value is -0.320. The maximum Gasteiger partial charge on any atom is 0.228 e. The van der Waals surface area contributed by atoms with Crippen molar-refractivity contribution in [3.05, 3.63) is 0 Å². The lowest BCUT2D eigenvalue weighted by atomic mass is 9.78. The molecule has 2 fully saturated rings. The number of piperidine rings is 1. The maximum atomic E-state index is 12.6. The van der Waals surface area contributed by atoms with Crippen molar-refractivity contribution >= 4 is 18.3 Å². The molecule has 1 heterocycles. The number of rotatable bonds is 6. The van der Waals surface area contributed by atoms with Gasteiger partial charge in [0, 0.05) is 13.7 Å². The first-order chi connectivity index (χ1) is 9.05. The fourth-order valence-electron chi connectivity index (χ4n) is 3.18. The molecule has 0 aromatic carbocycles. The van der Waals surface area contributed by atoms with E-state index in [-0.39, 0.29) is 23.7 Å². The van der Waals surface area contributed by atoms with Gasteiger partial charge >= 0.3 is 0 Å². The van der Waals surface area contributed by atoms with Crippen molar-refractivity contribution in [3.63, 3.8) is 0 Å². The van der Waals surface area contributed by atoms with Gasteiger partial charge in [0.05, 0.1) is 12.0 Å². The molecule has 0 radical (unpaired) electrons. The van der Waals surface area contributed by atoms with Gasteiger partial charge < -0.3 is 15.4 Å². The lowest BCUT2D eigenvalue weighted by Gasteiger charge is -2.36. The normalized spacial score (nSPS) is 23.0. The Morgan fingerprint density at radius 3 is 2.30 bits per heavy atom. The Bertz CT molecular complexity index is 318. The number of halogens is 1. The average molecular weight is 305 g/mol. The summed E-state index contributed by atoms with van der Waals surface area (Å²) in [5, 5.41) is 6.54. The zero-order chi connectivity index (χ0) is 13.9. The summed E-state index contributed by atoms with van der Waals surface area (Å²) in [6, 6.07) is 0. The van der Waals surface area contributed by atoms with Gasteiger partial charge in [0.2, 0.25) is 5.91 Å². The maximum absolute atomic E-state index is 12.6. The van der Waals surface area contributed by atoms with Crippen LogP contribution in [0, 0.1) is 16.7 Å². The summed E-state index contributed by atoms with van der Waals surface area (Å²) >= 11 is 0. The van der Waals surface area contributed by atoms with E-state index in [1.807, 2.05) is 0 Å². The Morgan fingerprint density at radius 1 is 1.25 bits per heavy atom. The smallest absolute Gasteiger partial charge is 0.228 e. The van der Waals surface area contributed by atoms with Gasteiger partial charge in [-0.05, 0) is 50.1 Å². The Kier molecular flexibility index (Phi) is 6.29. The number of methoxy groups -OCH3 is 1. The van der Waals surface area contributed by atoms with Crippen LogP contribution in [0.4, 0.5) is 0 Å². The highest BCUT2D eigenvalue weighted by Crippen LogP contribution is 2.51. The molecule has 4 nitrogen and oxygen atoms in total. The lowest BCUT2D eigenvalue weighted by Crippen LogP contribution is -2.51. The number of nitrogens with one attached hydrogen (secondary N) is 2. The number of ether oxygens (including phenoxy) is 1. The summed E-state index contributed by atoms with van der Waals surface area (Å²) in [6.07, 6.45) is 4.26. The predicted molar refractivity (Wildman–Crippen MR) is 83.2 cm³/mol. The molecule has 1 aliphatic carbocycles. The molecule has 0 atom stereocenters. The van der Waals surface area contributed by atoms with Crippen molar-refractivity contribution in [1.82, 2.24) is 10.6 Å². The summed E-state index contributed by atoms with van der Waals surface area (Å²) in [5.74, 6) is 0.849.